The summed E-state index contributed by atoms with van der Waals surface area (Å²) in [6.07, 6.45) is -2.79. The summed E-state index contributed by atoms with van der Waals surface area (Å²) < 4.78 is 31.6. The summed E-state index contributed by atoms with van der Waals surface area (Å²) in [5.41, 5.74) is -1.73. The summed E-state index contributed by atoms with van der Waals surface area (Å²) in [5.74, 6) is 0. The van der Waals surface area contributed by atoms with Crippen molar-refractivity contribution in [2.24, 2.45) is 0 Å². The van der Waals surface area contributed by atoms with Crippen molar-refractivity contribution >= 4 is 19.7 Å². The summed E-state index contributed by atoms with van der Waals surface area (Å²) >= 11 is 5.80. The fourth-order valence-corrected chi connectivity index (χ4v) is 2.52. The molecule has 0 unspecified atom stereocenters. The minimum absolute atomic E-state index is 0.122. The van der Waals surface area contributed by atoms with Crippen LogP contribution >= 0.6 is 11.6 Å². The van der Waals surface area contributed by atoms with E-state index in [4.69, 9.17) is 16.3 Å². The molecule has 1 aromatic rings. The van der Waals surface area contributed by atoms with Gasteiger partial charge in [0.15, 0.2) is 0 Å². The number of hydrogen-bond acceptors (Lipinski definition) is 3. The quantitative estimate of drug-likeness (QED) is 0.434. The molecule has 5 nitrogen and oxygen atoms in total. The Morgan fingerprint density at radius 3 is 2.43 bits per heavy atom. The molecule has 1 rings (SSSR count). The Kier molecular flexibility index (Phi) is 6.30. The lowest BCUT2D eigenvalue weighted by Gasteiger charge is -2.16. The summed E-state index contributed by atoms with van der Waals surface area (Å²) in [6, 6.07) is 1.84. The standard InChI is InChI=1S/C12H19ClF2N2O3Si/c1-21(2,3)5-4-20-8-17-9(13)6-11(18)16(12(17)19)7-10(14)15/h6,10H,4-5,7-8H2,1-3H3. The third kappa shape index (κ3) is 5.72. The van der Waals surface area contributed by atoms with Crippen molar-refractivity contribution in [3.8, 4) is 0 Å². The Labute approximate surface area is 127 Å². The zero-order chi connectivity index (χ0) is 16.2. The molecular weight excluding hydrogens is 322 g/mol. The van der Waals surface area contributed by atoms with E-state index in [1.165, 1.54) is 0 Å². The van der Waals surface area contributed by atoms with Gasteiger partial charge in [0, 0.05) is 20.7 Å². The molecule has 0 amide bonds. The van der Waals surface area contributed by atoms with Gasteiger partial charge in [0.2, 0.25) is 0 Å². The van der Waals surface area contributed by atoms with Crippen LogP contribution in [0.5, 0.6) is 0 Å². The van der Waals surface area contributed by atoms with Gasteiger partial charge < -0.3 is 4.74 Å². The fraction of sp³-hybridized carbons (Fsp3) is 0.667. The SMILES string of the molecule is C[Si](C)(C)CCOCn1c(Cl)cc(=O)n(CC(F)F)c1=O. The zero-order valence-corrected chi connectivity index (χ0v) is 14.0. The molecule has 21 heavy (non-hydrogen) atoms. The third-order valence-corrected chi connectivity index (χ3v) is 4.78. The van der Waals surface area contributed by atoms with Crippen LogP contribution in [0.25, 0.3) is 0 Å². The smallest absolute Gasteiger partial charge is 0.334 e. The highest BCUT2D eigenvalue weighted by molar-refractivity contribution is 6.76. The largest absolute Gasteiger partial charge is 0.361 e. The number of aromatic nitrogens is 2. The van der Waals surface area contributed by atoms with E-state index in [1.807, 2.05) is 0 Å². The monoisotopic (exact) mass is 340 g/mol. The third-order valence-electron chi connectivity index (χ3n) is 2.77. The van der Waals surface area contributed by atoms with Gasteiger partial charge in [-0.2, -0.15) is 0 Å². The van der Waals surface area contributed by atoms with Crippen molar-refractivity contribution in [1.82, 2.24) is 9.13 Å². The zero-order valence-electron chi connectivity index (χ0n) is 12.2. The molecule has 0 fully saturated rings. The van der Waals surface area contributed by atoms with E-state index >= 15 is 0 Å². The molecule has 0 atom stereocenters. The van der Waals surface area contributed by atoms with Gasteiger partial charge in [0.25, 0.3) is 12.0 Å². The highest BCUT2D eigenvalue weighted by Gasteiger charge is 2.15. The molecular formula is C12H19ClF2N2O3Si. The molecule has 0 bridgehead atoms. The molecule has 120 valence electrons. The first-order chi connectivity index (χ1) is 9.61. The second-order valence-corrected chi connectivity index (χ2v) is 11.9. The van der Waals surface area contributed by atoms with Gasteiger partial charge in [-0.15, -0.1) is 0 Å². The minimum atomic E-state index is -2.79. The van der Waals surface area contributed by atoms with Crippen molar-refractivity contribution in [2.45, 2.75) is 45.4 Å². The number of halogens is 3. The second-order valence-electron chi connectivity index (χ2n) is 5.87. The Bertz CT molecular complexity index is 596. The molecule has 0 aromatic carbocycles. The van der Waals surface area contributed by atoms with E-state index in [0.717, 1.165) is 16.7 Å². The number of alkyl halides is 2. The van der Waals surface area contributed by atoms with Crippen LogP contribution in [-0.4, -0.2) is 30.2 Å². The molecule has 0 saturated carbocycles. The summed E-state index contributed by atoms with van der Waals surface area (Å²) in [6.45, 7) is 5.87. The molecule has 0 radical (unpaired) electrons. The van der Waals surface area contributed by atoms with E-state index in [9.17, 15) is 18.4 Å². The van der Waals surface area contributed by atoms with E-state index in [-0.39, 0.29) is 11.9 Å². The molecule has 0 saturated heterocycles. The first-order valence-electron chi connectivity index (χ1n) is 6.48. The van der Waals surface area contributed by atoms with E-state index in [0.29, 0.717) is 11.2 Å². The Balaban J connectivity index is 2.87. The Morgan fingerprint density at radius 1 is 1.29 bits per heavy atom. The van der Waals surface area contributed by atoms with Crippen molar-refractivity contribution < 1.29 is 13.5 Å². The maximum absolute atomic E-state index is 12.4. The van der Waals surface area contributed by atoms with Crippen LogP contribution in [0, 0.1) is 0 Å². The van der Waals surface area contributed by atoms with E-state index in [2.05, 4.69) is 19.6 Å². The number of hydrogen-bond donors (Lipinski definition) is 0. The van der Waals surface area contributed by atoms with E-state index in [1.54, 1.807) is 0 Å². The van der Waals surface area contributed by atoms with Crippen LogP contribution in [0.2, 0.25) is 30.8 Å². The summed E-state index contributed by atoms with van der Waals surface area (Å²) in [4.78, 5) is 23.5. The molecule has 9 heteroatoms. The van der Waals surface area contributed by atoms with Crippen molar-refractivity contribution in [3.63, 3.8) is 0 Å². The van der Waals surface area contributed by atoms with Gasteiger partial charge in [0.1, 0.15) is 11.9 Å². The lowest BCUT2D eigenvalue weighted by molar-refractivity contribution is 0.0797. The van der Waals surface area contributed by atoms with Crippen molar-refractivity contribution in [1.29, 1.82) is 0 Å². The lowest BCUT2D eigenvalue weighted by Crippen LogP contribution is -2.41. The normalized spacial score (nSPS) is 12.1. The topological polar surface area (TPSA) is 53.2 Å². The molecule has 0 aliphatic heterocycles. The number of rotatable bonds is 7. The Morgan fingerprint density at radius 2 is 1.90 bits per heavy atom. The molecule has 0 spiro atoms. The molecule has 0 aliphatic rings. The molecule has 1 heterocycles. The maximum Gasteiger partial charge on any atom is 0.334 e. The first-order valence-corrected chi connectivity index (χ1v) is 10.6. The van der Waals surface area contributed by atoms with Crippen LogP contribution in [0.1, 0.15) is 0 Å². The molecule has 0 N–H and O–H groups in total. The number of ether oxygens (including phenoxy) is 1. The van der Waals surface area contributed by atoms with Crippen LogP contribution in [0.3, 0.4) is 0 Å². The van der Waals surface area contributed by atoms with Gasteiger partial charge >= 0.3 is 5.69 Å². The maximum atomic E-state index is 12.4. The predicted octanol–water partition coefficient (Wildman–Crippen LogP) is 2.24. The highest BCUT2D eigenvalue weighted by Crippen LogP contribution is 2.08. The number of nitrogens with zero attached hydrogens (tertiary/aromatic N) is 2. The Hall–Kier alpha value is -0.993. The van der Waals surface area contributed by atoms with Gasteiger partial charge in [-0.05, 0) is 6.04 Å². The van der Waals surface area contributed by atoms with Crippen LogP contribution < -0.4 is 11.2 Å². The fourth-order valence-electron chi connectivity index (χ4n) is 1.55. The highest BCUT2D eigenvalue weighted by atomic mass is 35.5. The van der Waals surface area contributed by atoms with Gasteiger partial charge in [-0.25, -0.2) is 13.6 Å². The average molecular weight is 341 g/mol. The minimum Gasteiger partial charge on any atom is -0.361 e. The van der Waals surface area contributed by atoms with Crippen LogP contribution in [-0.2, 0) is 18.0 Å². The summed E-state index contributed by atoms with van der Waals surface area (Å²) in [7, 11) is -1.26. The lowest BCUT2D eigenvalue weighted by atomic mass is 10.5. The first kappa shape index (κ1) is 18.1. The second kappa shape index (κ2) is 7.32. The molecule has 1 aromatic heterocycles. The molecule has 0 aliphatic carbocycles. The van der Waals surface area contributed by atoms with E-state index < -0.39 is 32.3 Å². The van der Waals surface area contributed by atoms with Crippen LogP contribution in [0.15, 0.2) is 15.7 Å². The predicted molar refractivity (Wildman–Crippen MR) is 80.1 cm³/mol. The van der Waals surface area contributed by atoms with Gasteiger partial charge in [-0.1, -0.05) is 31.2 Å². The average Bonchev–Trinajstić information content (AvgIpc) is 2.31. The van der Waals surface area contributed by atoms with Crippen molar-refractivity contribution in [2.75, 3.05) is 6.61 Å². The van der Waals surface area contributed by atoms with Crippen LogP contribution in [0.4, 0.5) is 8.78 Å². The van der Waals surface area contributed by atoms with Gasteiger partial charge in [-0.3, -0.25) is 13.9 Å². The van der Waals surface area contributed by atoms with Crippen molar-refractivity contribution in [3.05, 3.63) is 32.1 Å². The summed E-state index contributed by atoms with van der Waals surface area (Å²) in [5, 5.41) is -0.122. The van der Waals surface area contributed by atoms with Gasteiger partial charge in [0.05, 0.1) is 6.54 Å².